The molecule has 0 saturated carbocycles. The first-order valence-electron chi connectivity index (χ1n) is 8.06. The van der Waals surface area contributed by atoms with Crippen LogP contribution in [0.15, 0.2) is 24.3 Å². The first-order valence-corrected chi connectivity index (χ1v) is 8.06. The summed E-state index contributed by atoms with van der Waals surface area (Å²) in [6.07, 6.45) is 3.39. The van der Waals surface area contributed by atoms with E-state index in [0.717, 1.165) is 12.5 Å². The molecule has 0 heterocycles. The topological polar surface area (TPSA) is 103 Å². The third kappa shape index (κ3) is 7.25. The van der Waals surface area contributed by atoms with Crippen LogP contribution in [0.4, 0.5) is 4.79 Å². The molecule has 8 nitrogen and oxygen atoms in total. The van der Waals surface area contributed by atoms with Gasteiger partial charge in [-0.1, -0.05) is 6.92 Å². The highest BCUT2D eigenvalue weighted by Gasteiger charge is 2.11. The number of carbonyl (C=O) groups excluding carboxylic acids is 3. The molecule has 0 bridgehead atoms. The maximum Gasteiger partial charge on any atom is 0.331 e. The maximum absolute atomic E-state index is 11.7. The van der Waals surface area contributed by atoms with Gasteiger partial charge in [0.1, 0.15) is 11.5 Å². The Hall–Kier alpha value is -3.03. The molecule has 0 saturated heterocycles. The van der Waals surface area contributed by atoms with Crippen LogP contribution in [0.25, 0.3) is 6.08 Å². The number of hydrogen-bond donors (Lipinski definition) is 2. The quantitative estimate of drug-likeness (QED) is 0.539. The lowest BCUT2D eigenvalue weighted by Gasteiger charge is -2.11. The van der Waals surface area contributed by atoms with E-state index >= 15 is 0 Å². The minimum absolute atomic E-state index is 0.0623. The van der Waals surface area contributed by atoms with Crippen LogP contribution in [0.1, 0.15) is 25.8 Å². The second-order valence-electron chi connectivity index (χ2n) is 5.38. The van der Waals surface area contributed by atoms with E-state index in [1.165, 1.54) is 20.3 Å². The average molecular weight is 364 g/mol. The molecule has 0 aromatic heterocycles. The third-order valence-corrected chi connectivity index (χ3v) is 3.43. The predicted octanol–water partition coefficient (Wildman–Crippen LogP) is 1.88. The molecule has 2 N–H and O–H groups in total. The van der Waals surface area contributed by atoms with Crippen molar-refractivity contribution in [2.45, 2.75) is 26.3 Å². The van der Waals surface area contributed by atoms with Gasteiger partial charge >= 0.3 is 12.0 Å². The number of nitrogens with one attached hydrogen (secondary N) is 2. The molecule has 0 aliphatic rings. The van der Waals surface area contributed by atoms with Crippen molar-refractivity contribution in [2.75, 3.05) is 20.8 Å². The summed E-state index contributed by atoms with van der Waals surface area (Å²) in [7, 11) is 3.04. The summed E-state index contributed by atoms with van der Waals surface area (Å²) >= 11 is 0. The Labute approximate surface area is 152 Å². The normalized spacial score (nSPS) is 11.5. The highest BCUT2D eigenvalue weighted by atomic mass is 16.5. The molecule has 1 atom stereocenters. The molecule has 26 heavy (non-hydrogen) atoms. The molecule has 0 aliphatic heterocycles. The molecule has 0 aliphatic carbocycles. The number of rotatable bonds is 8. The van der Waals surface area contributed by atoms with E-state index in [4.69, 9.17) is 14.2 Å². The van der Waals surface area contributed by atoms with Crippen molar-refractivity contribution in [3.63, 3.8) is 0 Å². The van der Waals surface area contributed by atoms with Gasteiger partial charge in [0.25, 0.3) is 5.91 Å². The van der Waals surface area contributed by atoms with Crippen LogP contribution in [0.5, 0.6) is 11.5 Å². The van der Waals surface area contributed by atoms with Crippen LogP contribution in [0.3, 0.4) is 0 Å². The molecule has 1 rings (SSSR count). The number of urea groups is 1. The van der Waals surface area contributed by atoms with Crippen LogP contribution in [0.2, 0.25) is 0 Å². The van der Waals surface area contributed by atoms with Crippen molar-refractivity contribution < 1.29 is 28.6 Å². The second kappa shape index (κ2) is 10.8. The minimum Gasteiger partial charge on any atom is -0.497 e. The largest absolute Gasteiger partial charge is 0.497 e. The fourth-order valence-corrected chi connectivity index (χ4v) is 1.82. The lowest BCUT2D eigenvalue weighted by molar-refractivity contribution is -0.143. The molecule has 8 heteroatoms. The van der Waals surface area contributed by atoms with E-state index in [2.05, 4.69) is 10.6 Å². The van der Waals surface area contributed by atoms with Gasteiger partial charge in [0, 0.05) is 23.7 Å². The van der Waals surface area contributed by atoms with Crippen molar-refractivity contribution in [1.29, 1.82) is 0 Å². The standard InChI is InChI=1S/C18H24N2O6/c1-5-12(2)19-18(23)20-16(21)11-26-17(22)9-7-13-6-8-14(24-3)10-15(13)25-4/h6-10,12H,5,11H2,1-4H3,(H2,19,20,21,23)/b9-7+/t12-/m1/s1. The van der Waals surface area contributed by atoms with E-state index < -0.39 is 24.5 Å². The Balaban J connectivity index is 2.50. The first kappa shape index (κ1) is 21.0. The van der Waals surface area contributed by atoms with Crippen molar-refractivity contribution in [3.8, 4) is 11.5 Å². The molecule has 1 aromatic carbocycles. The Kier molecular flexibility index (Phi) is 8.69. The van der Waals surface area contributed by atoms with Crippen molar-refractivity contribution in [3.05, 3.63) is 29.8 Å². The van der Waals surface area contributed by atoms with Gasteiger partial charge in [-0.15, -0.1) is 0 Å². The van der Waals surface area contributed by atoms with Crippen LogP contribution < -0.4 is 20.1 Å². The highest BCUT2D eigenvalue weighted by Crippen LogP contribution is 2.25. The zero-order valence-electron chi connectivity index (χ0n) is 15.3. The van der Waals surface area contributed by atoms with E-state index in [1.807, 2.05) is 13.8 Å². The van der Waals surface area contributed by atoms with Crippen LogP contribution in [-0.4, -0.2) is 44.8 Å². The zero-order valence-corrected chi connectivity index (χ0v) is 15.3. The monoisotopic (exact) mass is 364 g/mol. The fraction of sp³-hybridized carbons (Fsp3) is 0.389. The number of imide groups is 1. The van der Waals surface area contributed by atoms with E-state index in [-0.39, 0.29) is 6.04 Å². The maximum atomic E-state index is 11.7. The Bertz CT molecular complexity index is 672. The smallest absolute Gasteiger partial charge is 0.331 e. The van der Waals surface area contributed by atoms with Gasteiger partial charge in [-0.25, -0.2) is 9.59 Å². The SMILES string of the molecule is CC[C@@H](C)NC(=O)NC(=O)COC(=O)/C=C/c1ccc(OC)cc1OC. The summed E-state index contributed by atoms with van der Waals surface area (Å²) in [5.74, 6) is -0.295. The summed E-state index contributed by atoms with van der Waals surface area (Å²) in [6.45, 7) is 3.15. The van der Waals surface area contributed by atoms with Gasteiger partial charge in [0.05, 0.1) is 14.2 Å². The number of methoxy groups -OCH3 is 2. The summed E-state index contributed by atoms with van der Waals surface area (Å²) in [5, 5.41) is 4.65. The van der Waals surface area contributed by atoms with E-state index in [9.17, 15) is 14.4 Å². The first-order chi connectivity index (χ1) is 12.4. The number of hydrogen-bond acceptors (Lipinski definition) is 6. The van der Waals surface area contributed by atoms with Gasteiger partial charge in [0.2, 0.25) is 0 Å². The molecular formula is C18H24N2O6. The third-order valence-electron chi connectivity index (χ3n) is 3.43. The number of esters is 1. The van der Waals surface area contributed by atoms with E-state index in [1.54, 1.807) is 18.2 Å². The molecule has 0 fully saturated rings. The Morgan fingerprint density at radius 3 is 2.54 bits per heavy atom. The number of benzene rings is 1. The van der Waals surface area contributed by atoms with Crippen LogP contribution in [-0.2, 0) is 14.3 Å². The molecule has 3 amide bonds. The fourth-order valence-electron chi connectivity index (χ4n) is 1.82. The summed E-state index contributed by atoms with van der Waals surface area (Å²) in [5.41, 5.74) is 0.641. The van der Waals surface area contributed by atoms with Crippen LogP contribution in [0, 0.1) is 0 Å². The van der Waals surface area contributed by atoms with Crippen molar-refractivity contribution in [2.24, 2.45) is 0 Å². The Morgan fingerprint density at radius 1 is 1.19 bits per heavy atom. The average Bonchev–Trinajstić information content (AvgIpc) is 2.64. The highest BCUT2D eigenvalue weighted by molar-refractivity contribution is 5.96. The van der Waals surface area contributed by atoms with Gasteiger partial charge < -0.3 is 19.5 Å². The molecule has 0 unspecified atom stereocenters. The predicted molar refractivity (Wildman–Crippen MR) is 96.0 cm³/mol. The van der Waals surface area contributed by atoms with E-state index in [0.29, 0.717) is 17.1 Å². The molecule has 0 spiro atoms. The summed E-state index contributed by atoms with van der Waals surface area (Å²) in [6, 6.07) is 4.42. The van der Waals surface area contributed by atoms with Crippen molar-refractivity contribution in [1.82, 2.24) is 10.6 Å². The number of carbonyl (C=O) groups is 3. The minimum atomic E-state index is -0.722. The zero-order chi connectivity index (χ0) is 19.5. The van der Waals surface area contributed by atoms with Crippen molar-refractivity contribution >= 4 is 24.0 Å². The summed E-state index contributed by atoms with van der Waals surface area (Å²) < 4.78 is 15.1. The Morgan fingerprint density at radius 2 is 1.92 bits per heavy atom. The lowest BCUT2D eigenvalue weighted by atomic mass is 10.2. The number of ether oxygens (including phenoxy) is 3. The molecule has 142 valence electrons. The van der Waals surface area contributed by atoms with Gasteiger partial charge in [-0.3, -0.25) is 10.1 Å². The van der Waals surface area contributed by atoms with Crippen LogP contribution >= 0.6 is 0 Å². The van der Waals surface area contributed by atoms with Gasteiger partial charge in [-0.05, 0) is 31.6 Å². The summed E-state index contributed by atoms with van der Waals surface area (Å²) in [4.78, 5) is 34.7. The lowest BCUT2D eigenvalue weighted by Crippen LogP contribution is -2.44. The second-order valence-corrected chi connectivity index (χ2v) is 5.38. The molecule has 1 aromatic rings. The van der Waals surface area contributed by atoms with Gasteiger partial charge in [0.15, 0.2) is 6.61 Å². The molecule has 0 radical (unpaired) electrons. The number of amides is 3. The van der Waals surface area contributed by atoms with Gasteiger partial charge in [-0.2, -0.15) is 0 Å². The molecular weight excluding hydrogens is 340 g/mol.